The molecule has 7 N–H and O–H groups in total. The average molecular weight is 484 g/mol. The van der Waals surface area contributed by atoms with Crippen LogP contribution in [-0.4, -0.2) is 60.1 Å². The Morgan fingerprint density at radius 1 is 1.17 bits per heavy atom. The molecule has 20 heteroatoms. The molecule has 1 saturated heterocycles. The van der Waals surface area contributed by atoms with E-state index >= 15 is 0 Å². The van der Waals surface area contributed by atoms with Gasteiger partial charge in [0.05, 0.1) is 12.2 Å². The van der Waals surface area contributed by atoms with Gasteiger partial charge in [-0.15, -0.1) is 0 Å². The lowest BCUT2D eigenvalue weighted by Crippen LogP contribution is -2.34. The number of H-pyrrole nitrogens is 2. The number of aromatic nitrogens is 2. The number of nitrogens with one attached hydrogen (secondary N) is 2. The van der Waals surface area contributed by atoms with Gasteiger partial charge >= 0.3 is 29.6 Å². The molecule has 0 radical (unpaired) electrons. The van der Waals surface area contributed by atoms with Gasteiger partial charge in [-0.05, 0) is 0 Å². The lowest BCUT2D eigenvalue weighted by Gasteiger charge is -2.18. The summed E-state index contributed by atoms with van der Waals surface area (Å²) in [5, 5.41) is 28.0. The van der Waals surface area contributed by atoms with Gasteiger partial charge in [0.25, 0.3) is 5.56 Å². The van der Waals surface area contributed by atoms with Gasteiger partial charge < -0.3 is 29.7 Å². The predicted molar refractivity (Wildman–Crippen MR) is 87.8 cm³/mol. The summed E-state index contributed by atoms with van der Waals surface area (Å²) in [5.74, 6) is 0. The molecule has 17 nitrogen and oxygen atoms in total. The third-order valence-corrected chi connectivity index (χ3v) is 7.18. The molecule has 1 aromatic heterocycles. The van der Waals surface area contributed by atoms with Gasteiger partial charge in [0.1, 0.15) is 24.4 Å². The Morgan fingerprint density at radius 2 is 1.83 bits per heavy atom. The second-order valence-corrected chi connectivity index (χ2v) is 9.55. The van der Waals surface area contributed by atoms with E-state index in [0.29, 0.717) is 0 Å². The first kappa shape index (κ1) is 24.2. The lowest BCUT2D eigenvalue weighted by atomic mass is 10.0. The maximum Gasteiger partial charge on any atom is 0.488 e. The monoisotopic (exact) mass is 484 g/mol. The summed E-state index contributed by atoms with van der Waals surface area (Å²) in [6, 6.07) is 0. The molecule has 1 aromatic rings. The van der Waals surface area contributed by atoms with E-state index in [4.69, 9.17) is 14.9 Å². The van der Waals surface area contributed by atoms with Crippen molar-refractivity contribution in [3.8, 4) is 0 Å². The van der Waals surface area contributed by atoms with Crippen molar-refractivity contribution in [2.24, 2.45) is 0 Å². The number of phosphoric acid groups is 2. The van der Waals surface area contributed by atoms with Crippen molar-refractivity contribution in [1.29, 1.82) is 0 Å². The zero-order valence-electron chi connectivity index (χ0n) is 13.8. The zero-order valence-corrected chi connectivity index (χ0v) is 16.6. The molecule has 0 spiro atoms. The van der Waals surface area contributed by atoms with Crippen LogP contribution in [0.3, 0.4) is 0 Å². The zero-order chi connectivity index (χ0) is 22.0. The molecule has 29 heavy (non-hydrogen) atoms. The molecular weight excluding hydrogens is 469 g/mol. The molecule has 0 amide bonds. The molecule has 0 saturated carbocycles. The van der Waals surface area contributed by atoms with E-state index in [1.54, 1.807) is 0 Å². The second-order valence-electron chi connectivity index (χ2n) is 5.35. The van der Waals surface area contributed by atoms with E-state index in [0.717, 1.165) is 6.20 Å². The number of rotatable bonds is 9. The molecule has 1 aliphatic heterocycles. The fourth-order valence-corrected chi connectivity index (χ4v) is 5.11. The average Bonchev–Trinajstić information content (AvgIpc) is 2.87. The van der Waals surface area contributed by atoms with Gasteiger partial charge in [-0.1, -0.05) is 0 Å². The van der Waals surface area contributed by atoms with E-state index in [2.05, 4.69) is 22.8 Å². The predicted octanol–water partition coefficient (Wildman–Crippen LogP) is -1.65. The molecule has 0 aliphatic carbocycles. The Morgan fingerprint density at radius 3 is 2.41 bits per heavy atom. The Hall–Kier alpha value is -1.03. The smallest absolute Gasteiger partial charge is 0.387 e. The van der Waals surface area contributed by atoms with Crippen molar-refractivity contribution in [2.45, 2.75) is 24.4 Å². The highest BCUT2D eigenvalue weighted by Crippen LogP contribution is 2.63. The van der Waals surface area contributed by atoms with Crippen LogP contribution in [0.2, 0.25) is 0 Å². The fraction of sp³-hybridized carbons (Fsp3) is 0.556. The number of hydrogen-bond acceptors (Lipinski definition) is 13. The highest BCUT2D eigenvalue weighted by atomic mass is 31.3. The van der Waals surface area contributed by atoms with Gasteiger partial charge in [0.2, 0.25) is 0 Å². The topological polar surface area (TPSA) is 264 Å². The highest BCUT2D eigenvalue weighted by molar-refractivity contribution is 7.64. The maximum atomic E-state index is 11.8. The summed E-state index contributed by atoms with van der Waals surface area (Å²) >= 11 is 0. The molecule has 7 atom stereocenters. The Kier molecular flexibility index (Phi) is 7.86. The van der Waals surface area contributed by atoms with E-state index < -0.39 is 66.2 Å². The third-order valence-electron chi connectivity index (χ3n) is 3.39. The molecule has 0 aromatic carbocycles. The first-order valence-corrected chi connectivity index (χ1v) is 11.5. The SMILES string of the molecule is O=c1[nH]cc(C2OC(COP(=O)(O)OP(=O)(O)O[PH](=O)OO)C(O)C2O)c(=O)[nH]1. The van der Waals surface area contributed by atoms with Crippen molar-refractivity contribution >= 4 is 23.9 Å². The van der Waals surface area contributed by atoms with Crippen molar-refractivity contribution in [2.75, 3.05) is 6.61 Å². The molecule has 0 bridgehead atoms. The second kappa shape index (κ2) is 9.41. The first-order valence-electron chi connectivity index (χ1n) is 7.25. The number of aromatic amines is 2. The van der Waals surface area contributed by atoms with E-state index in [9.17, 15) is 38.4 Å². The Balaban J connectivity index is 2.04. The minimum absolute atomic E-state index is 0.274. The van der Waals surface area contributed by atoms with Crippen LogP contribution in [-0.2, 0) is 36.3 Å². The van der Waals surface area contributed by atoms with Crippen molar-refractivity contribution in [3.63, 3.8) is 0 Å². The van der Waals surface area contributed by atoms with Crippen LogP contribution in [0.1, 0.15) is 11.7 Å². The quantitative estimate of drug-likeness (QED) is 0.118. The summed E-state index contributed by atoms with van der Waals surface area (Å²) in [4.78, 5) is 45.3. The molecule has 2 rings (SSSR count). The van der Waals surface area contributed by atoms with Crippen LogP contribution < -0.4 is 11.2 Å². The summed E-state index contributed by atoms with van der Waals surface area (Å²) in [6.07, 6.45) is -5.52. The number of phosphoric ester groups is 1. The van der Waals surface area contributed by atoms with Gasteiger partial charge in [-0.25, -0.2) is 23.5 Å². The first-order chi connectivity index (χ1) is 13.3. The summed E-state index contributed by atoms with van der Waals surface area (Å²) in [5.41, 5.74) is -2.04. The minimum atomic E-state index is -5.47. The Labute approximate surface area is 159 Å². The normalized spacial score (nSPS) is 29.8. The van der Waals surface area contributed by atoms with E-state index in [1.807, 2.05) is 4.98 Å². The molecule has 2 heterocycles. The maximum absolute atomic E-state index is 11.8. The van der Waals surface area contributed by atoms with E-state index in [-0.39, 0.29) is 5.56 Å². The van der Waals surface area contributed by atoms with Gasteiger partial charge in [-0.2, -0.15) is 8.99 Å². The summed E-state index contributed by atoms with van der Waals surface area (Å²) < 4.78 is 53.9. The van der Waals surface area contributed by atoms with Crippen LogP contribution in [0.25, 0.3) is 0 Å². The van der Waals surface area contributed by atoms with Gasteiger partial charge in [0.15, 0.2) is 0 Å². The molecule has 1 aliphatic rings. The Bertz CT molecular complexity index is 959. The fourth-order valence-electron chi connectivity index (χ4n) is 2.22. The van der Waals surface area contributed by atoms with Crippen molar-refractivity contribution in [1.82, 2.24) is 9.97 Å². The summed E-state index contributed by atoms with van der Waals surface area (Å²) in [6.45, 7) is -0.991. The number of ether oxygens (including phenoxy) is 1. The summed E-state index contributed by atoms with van der Waals surface area (Å²) in [7, 11) is -14.8. The number of aliphatic hydroxyl groups is 2. The standard InChI is InChI=1S/C9H15N2O15P3/c12-5-4(2-22-28(18,19)26-29(20,21)25-27(17)24-16)23-7(6(5)13)3-1-10-9(15)11-8(3)14/h1,4-7,12-13,16,27H,2H2,(H,18,19)(H,20,21)(H2,10,11,14,15). The third kappa shape index (κ3) is 6.47. The minimum Gasteiger partial charge on any atom is -0.387 e. The van der Waals surface area contributed by atoms with Crippen molar-refractivity contribution < 1.29 is 61.5 Å². The molecular formula is C9H15N2O15P3. The highest BCUT2D eigenvalue weighted by Gasteiger charge is 2.46. The van der Waals surface area contributed by atoms with Crippen molar-refractivity contribution in [3.05, 3.63) is 32.6 Å². The largest absolute Gasteiger partial charge is 0.488 e. The van der Waals surface area contributed by atoms with E-state index in [1.165, 1.54) is 0 Å². The lowest BCUT2D eigenvalue weighted by molar-refractivity contribution is -0.138. The van der Waals surface area contributed by atoms with Crippen LogP contribution in [0.4, 0.5) is 0 Å². The van der Waals surface area contributed by atoms with Crippen LogP contribution in [0.5, 0.6) is 0 Å². The number of aliphatic hydroxyl groups excluding tert-OH is 2. The van der Waals surface area contributed by atoms with Gasteiger partial charge in [0, 0.05) is 6.20 Å². The van der Waals surface area contributed by atoms with Crippen LogP contribution in [0, 0.1) is 0 Å². The van der Waals surface area contributed by atoms with Gasteiger partial charge in [-0.3, -0.25) is 18.9 Å². The van der Waals surface area contributed by atoms with Crippen LogP contribution >= 0.6 is 23.9 Å². The molecule has 7 unspecified atom stereocenters. The molecule has 1 fully saturated rings. The van der Waals surface area contributed by atoms with Crippen LogP contribution in [0.15, 0.2) is 15.8 Å². The molecule has 166 valence electrons. The number of hydrogen-bond donors (Lipinski definition) is 7.